The molecular formula is C20H20F3NO5. The number of ether oxygens (including phenoxy) is 3. The van der Waals surface area contributed by atoms with Gasteiger partial charge >= 0.3 is 12.6 Å². The van der Waals surface area contributed by atoms with Crippen LogP contribution >= 0.6 is 0 Å². The Morgan fingerprint density at radius 1 is 1.07 bits per heavy atom. The maximum atomic E-state index is 12.9. The number of amides is 1. The monoisotopic (exact) mass is 411 g/mol. The van der Waals surface area contributed by atoms with Crippen LogP contribution < -0.4 is 14.8 Å². The van der Waals surface area contributed by atoms with Crippen molar-refractivity contribution in [2.75, 3.05) is 6.61 Å². The molecule has 0 bridgehead atoms. The number of hydrogen-bond acceptors (Lipinski definition) is 5. The fourth-order valence-electron chi connectivity index (χ4n) is 2.31. The summed E-state index contributed by atoms with van der Waals surface area (Å²) in [5.41, 5.74) is 0.683. The van der Waals surface area contributed by atoms with Crippen LogP contribution in [0.4, 0.5) is 13.2 Å². The maximum Gasteiger partial charge on any atom is 0.387 e. The van der Waals surface area contributed by atoms with Gasteiger partial charge in [0.25, 0.3) is 5.91 Å². The summed E-state index contributed by atoms with van der Waals surface area (Å²) in [7, 11) is 0. The number of alkyl halides is 2. The summed E-state index contributed by atoms with van der Waals surface area (Å²) in [6, 6.07) is 9.16. The van der Waals surface area contributed by atoms with Gasteiger partial charge in [0.2, 0.25) is 0 Å². The number of halogens is 3. The van der Waals surface area contributed by atoms with Crippen molar-refractivity contribution in [2.24, 2.45) is 0 Å². The molecule has 0 aliphatic carbocycles. The second-order valence-corrected chi connectivity index (χ2v) is 5.86. The molecule has 29 heavy (non-hydrogen) atoms. The number of nitrogens with one attached hydrogen (secondary N) is 1. The molecule has 0 spiro atoms. The summed E-state index contributed by atoms with van der Waals surface area (Å²) in [4.78, 5) is 24.4. The maximum absolute atomic E-state index is 12.9. The number of benzene rings is 2. The van der Waals surface area contributed by atoms with Crippen molar-refractivity contribution in [1.29, 1.82) is 0 Å². The molecule has 1 amide bonds. The first-order chi connectivity index (χ1) is 13.8. The van der Waals surface area contributed by atoms with Crippen molar-refractivity contribution in [3.05, 3.63) is 59.4 Å². The van der Waals surface area contributed by atoms with Crippen molar-refractivity contribution in [1.82, 2.24) is 5.32 Å². The Hall–Kier alpha value is -3.23. The fraction of sp³-hybridized carbons (Fsp3) is 0.300. The van der Waals surface area contributed by atoms with Crippen molar-refractivity contribution in [3.63, 3.8) is 0 Å². The summed E-state index contributed by atoms with van der Waals surface area (Å²) in [5, 5.41) is 2.57. The van der Waals surface area contributed by atoms with Crippen molar-refractivity contribution < 1.29 is 37.0 Å². The smallest absolute Gasteiger partial charge is 0.387 e. The molecule has 2 aromatic carbocycles. The van der Waals surface area contributed by atoms with E-state index in [-0.39, 0.29) is 30.2 Å². The SMILES string of the molecule is CCOc1cc(C(=O)O[C@@H](C)C(=O)NCc2ccc(F)cc2)ccc1OC(F)F. The Labute approximate surface area is 165 Å². The van der Waals surface area contributed by atoms with Gasteiger partial charge in [-0.2, -0.15) is 8.78 Å². The molecule has 2 aromatic rings. The third-order valence-electron chi connectivity index (χ3n) is 3.73. The van der Waals surface area contributed by atoms with E-state index in [1.807, 2.05) is 0 Å². The Morgan fingerprint density at radius 3 is 2.38 bits per heavy atom. The van der Waals surface area contributed by atoms with E-state index in [4.69, 9.17) is 9.47 Å². The van der Waals surface area contributed by atoms with Crippen LogP contribution in [0.5, 0.6) is 11.5 Å². The standard InChI is InChI=1S/C20H20F3NO5/c1-3-27-17-10-14(6-9-16(17)29-20(22)23)19(26)28-12(2)18(25)24-11-13-4-7-15(21)8-5-13/h4-10,12,20H,3,11H2,1-2H3,(H,24,25)/t12-/m0/s1. The molecular weight excluding hydrogens is 391 g/mol. The number of carbonyl (C=O) groups excluding carboxylic acids is 2. The third kappa shape index (κ3) is 6.70. The summed E-state index contributed by atoms with van der Waals surface area (Å²) < 4.78 is 52.4. The highest BCUT2D eigenvalue weighted by Gasteiger charge is 2.21. The first kappa shape index (κ1) is 22.1. The summed E-state index contributed by atoms with van der Waals surface area (Å²) in [5.74, 6) is -2.04. The summed E-state index contributed by atoms with van der Waals surface area (Å²) >= 11 is 0. The number of esters is 1. The summed E-state index contributed by atoms with van der Waals surface area (Å²) in [6.07, 6.45) is -1.12. The minimum Gasteiger partial charge on any atom is -0.490 e. The molecule has 9 heteroatoms. The second kappa shape index (κ2) is 10.4. The normalized spacial score (nSPS) is 11.7. The van der Waals surface area contributed by atoms with E-state index in [0.29, 0.717) is 5.56 Å². The molecule has 0 unspecified atom stereocenters. The van der Waals surface area contributed by atoms with Gasteiger partial charge in [-0.25, -0.2) is 9.18 Å². The molecule has 0 fully saturated rings. The predicted octanol–water partition coefficient (Wildman–Crippen LogP) is 3.69. The van der Waals surface area contributed by atoms with Crippen LogP contribution in [0.15, 0.2) is 42.5 Å². The van der Waals surface area contributed by atoms with Crippen LogP contribution in [0.25, 0.3) is 0 Å². The lowest BCUT2D eigenvalue weighted by atomic mass is 10.2. The highest BCUT2D eigenvalue weighted by atomic mass is 19.3. The van der Waals surface area contributed by atoms with Crippen LogP contribution in [0.1, 0.15) is 29.8 Å². The fourth-order valence-corrected chi connectivity index (χ4v) is 2.31. The molecule has 0 saturated carbocycles. The highest BCUT2D eigenvalue weighted by Crippen LogP contribution is 2.30. The van der Waals surface area contributed by atoms with Gasteiger partial charge in [0.15, 0.2) is 17.6 Å². The van der Waals surface area contributed by atoms with Crippen LogP contribution in [0.3, 0.4) is 0 Å². The van der Waals surface area contributed by atoms with Gasteiger partial charge in [0, 0.05) is 6.54 Å². The first-order valence-corrected chi connectivity index (χ1v) is 8.75. The second-order valence-electron chi connectivity index (χ2n) is 5.86. The lowest BCUT2D eigenvalue weighted by Crippen LogP contribution is -2.35. The van der Waals surface area contributed by atoms with E-state index in [0.717, 1.165) is 6.07 Å². The van der Waals surface area contributed by atoms with E-state index in [9.17, 15) is 22.8 Å². The zero-order valence-electron chi connectivity index (χ0n) is 15.8. The van der Waals surface area contributed by atoms with Crippen molar-refractivity contribution >= 4 is 11.9 Å². The van der Waals surface area contributed by atoms with Crippen molar-refractivity contribution in [3.8, 4) is 11.5 Å². The predicted molar refractivity (Wildman–Crippen MR) is 97.4 cm³/mol. The number of hydrogen-bond donors (Lipinski definition) is 1. The van der Waals surface area contributed by atoms with Gasteiger partial charge < -0.3 is 19.5 Å². The average Bonchev–Trinajstić information content (AvgIpc) is 2.68. The minimum absolute atomic E-state index is 0.00764. The first-order valence-electron chi connectivity index (χ1n) is 8.75. The molecule has 6 nitrogen and oxygen atoms in total. The molecule has 0 radical (unpaired) electrons. The van der Waals surface area contributed by atoms with Gasteiger partial charge in [0.05, 0.1) is 12.2 Å². The molecule has 0 heterocycles. The zero-order valence-corrected chi connectivity index (χ0v) is 15.8. The molecule has 0 aromatic heterocycles. The quantitative estimate of drug-likeness (QED) is 0.637. The van der Waals surface area contributed by atoms with Gasteiger partial charge in [-0.1, -0.05) is 12.1 Å². The number of carbonyl (C=O) groups is 2. The van der Waals surface area contributed by atoms with Crippen LogP contribution in [-0.4, -0.2) is 31.2 Å². The molecule has 1 N–H and O–H groups in total. The molecule has 156 valence electrons. The topological polar surface area (TPSA) is 73.9 Å². The van der Waals surface area contributed by atoms with Crippen LogP contribution in [0.2, 0.25) is 0 Å². The number of rotatable bonds is 9. The van der Waals surface area contributed by atoms with Gasteiger partial charge in [-0.15, -0.1) is 0 Å². The summed E-state index contributed by atoms with van der Waals surface area (Å²) in [6.45, 7) is 0.285. The lowest BCUT2D eigenvalue weighted by Gasteiger charge is -2.15. The Balaban J connectivity index is 1.97. The Morgan fingerprint density at radius 2 is 1.76 bits per heavy atom. The van der Waals surface area contributed by atoms with Crippen molar-refractivity contribution in [2.45, 2.75) is 33.1 Å². The molecule has 0 aliphatic heterocycles. The van der Waals surface area contributed by atoms with E-state index < -0.39 is 30.4 Å². The molecule has 2 rings (SSSR count). The van der Waals surface area contributed by atoms with Gasteiger partial charge in [-0.05, 0) is 49.7 Å². The molecule has 0 saturated heterocycles. The molecule has 0 aliphatic rings. The largest absolute Gasteiger partial charge is 0.490 e. The Bertz CT molecular complexity index is 843. The zero-order chi connectivity index (χ0) is 21.4. The van der Waals surface area contributed by atoms with Crippen LogP contribution in [-0.2, 0) is 16.1 Å². The van der Waals surface area contributed by atoms with Gasteiger partial charge in [-0.3, -0.25) is 4.79 Å². The van der Waals surface area contributed by atoms with E-state index in [1.165, 1.54) is 43.3 Å². The van der Waals surface area contributed by atoms with Crippen LogP contribution in [0, 0.1) is 5.82 Å². The van der Waals surface area contributed by atoms with E-state index in [1.54, 1.807) is 6.92 Å². The van der Waals surface area contributed by atoms with E-state index in [2.05, 4.69) is 10.1 Å². The highest BCUT2D eigenvalue weighted by molar-refractivity contribution is 5.92. The molecule has 1 atom stereocenters. The average molecular weight is 411 g/mol. The third-order valence-corrected chi connectivity index (χ3v) is 3.73. The Kier molecular flexibility index (Phi) is 7.88. The van der Waals surface area contributed by atoms with Gasteiger partial charge in [0.1, 0.15) is 5.82 Å². The van der Waals surface area contributed by atoms with E-state index >= 15 is 0 Å². The minimum atomic E-state index is -3.04. The lowest BCUT2D eigenvalue weighted by molar-refractivity contribution is -0.129.